The molecule has 0 aromatic carbocycles. The van der Waals surface area contributed by atoms with Crippen molar-refractivity contribution < 1.29 is 9.47 Å². The van der Waals surface area contributed by atoms with Crippen LogP contribution in [0, 0.1) is 5.92 Å². The predicted octanol–water partition coefficient (Wildman–Crippen LogP) is 1.82. The predicted molar refractivity (Wildman–Crippen MR) is 62.1 cm³/mol. The Hall–Kier alpha value is -0.120. The van der Waals surface area contributed by atoms with E-state index in [0.29, 0.717) is 0 Å². The van der Waals surface area contributed by atoms with Gasteiger partial charge in [0.1, 0.15) is 0 Å². The van der Waals surface area contributed by atoms with E-state index in [1.54, 1.807) is 0 Å². The van der Waals surface area contributed by atoms with Gasteiger partial charge in [-0.05, 0) is 44.7 Å². The molecule has 1 heterocycles. The first kappa shape index (κ1) is 12.9. The van der Waals surface area contributed by atoms with Crippen LogP contribution in [0.25, 0.3) is 0 Å². The van der Waals surface area contributed by atoms with Gasteiger partial charge in [0, 0.05) is 26.4 Å². The topological polar surface area (TPSA) is 30.5 Å². The third-order valence-electron chi connectivity index (χ3n) is 2.76. The van der Waals surface area contributed by atoms with Gasteiger partial charge in [0.05, 0.1) is 0 Å². The molecule has 0 atom stereocenters. The molecule has 1 saturated heterocycles. The van der Waals surface area contributed by atoms with E-state index >= 15 is 0 Å². The maximum Gasteiger partial charge on any atom is 0.0495 e. The SMILES string of the molecule is CCCNCCCOCC1CCOCC1. The number of ether oxygens (including phenoxy) is 2. The molecule has 1 aliphatic rings. The van der Waals surface area contributed by atoms with Gasteiger partial charge < -0.3 is 14.8 Å². The monoisotopic (exact) mass is 215 g/mol. The molecule has 0 aliphatic carbocycles. The van der Waals surface area contributed by atoms with Crippen LogP contribution in [-0.2, 0) is 9.47 Å². The molecule has 0 unspecified atom stereocenters. The zero-order valence-corrected chi connectivity index (χ0v) is 9.96. The van der Waals surface area contributed by atoms with Crippen molar-refractivity contribution in [3.63, 3.8) is 0 Å². The quantitative estimate of drug-likeness (QED) is 0.627. The van der Waals surface area contributed by atoms with E-state index in [-0.39, 0.29) is 0 Å². The summed E-state index contributed by atoms with van der Waals surface area (Å²) in [5, 5.41) is 3.37. The summed E-state index contributed by atoms with van der Waals surface area (Å²) >= 11 is 0. The fourth-order valence-electron chi connectivity index (χ4n) is 1.76. The van der Waals surface area contributed by atoms with Crippen LogP contribution in [-0.4, -0.2) is 39.5 Å². The third kappa shape index (κ3) is 6.88. The highest BCUT2D eigenvalue weighted by molar-refractivity contribution is 4.62. The second kappa shape index (κ2) is 9.13. The lowest BCUT2D eigenvalue weighted by molar-refractivity contribution is 0.0202. The number of hydrogen-bond acceptors (Lipinski definition) is 3. The first-order valence-corrected chi connectivity index (χ1v) is 6.29. The van der Waals surface area contributed by atoms with E-state index in [1.807, 2.05) is 0 Å². The van der Waals surface area contributed by atoms with Crippen molar-refractivity contribution in [2.75, 3.05) is 39.5 Å². The Labute approximate surface area is 93.5 Å². The Morgan fingerprint density at radius 2 is 2.07 bits per heavy atom. The van der Waals surface area contributed by atoms with Crippen molar-refractivity contribution in [1.82, 2.24) is 5.32 Å². The molecule has 3 heteroatoms. The number of hydrogen-bond donors (Lipinski definition) is 1. The van der Waals surface area contributed by atoms with Gasteiger partial charge in [0.2, 0.25) is 0 Å². The molecule has 0 spiro atoms. The molecular weight excluding hydrogens is 190 g/mol. The van der Waals surface area contributed by atoms with Crippen molar-refractivity contribution in [3.05, 3.63) is 0 Å². The van der Waals surface area contributed by atoms with Crippen molar-refractivity contribution in [2.45, 2.75) is 32.6 Å². The molecule has 15 heavy (non-hydrogen) atoms. The lowest BCUT2D eigenvalue weighted by Crippen LogP contribution is -2.21. The summed E-state index contributed by atoms with van der Waals surface area (Å²) in [6, 6.07) is 0. The minimum absolute atomic E-state index is 0.738. The van der Waals surface area contributed by atoms with Crippen molar-refractivity contribution in [2.24, 2.45) is 5.92 Å². The Morgan fingerprint density at radius 1 is 1.27 bits per heavy atom. The Morgan fingerprint density at radius 3 is 2.80 bits per heavy atom. The molecular formula is C12H25NO2. The van der Waals surface area contributed by atoms with Crippen molar-refractivity contribution >= 4 is 0 Å². The zero-order valence-electron chi connectivity index (χ0n) is 9.96. The molecule has 90 valence electrons. The van der Waals surface area contributed by atoms with Crippen LogP contribution >= 0.6 is 0 Å². The Bertz CT molecular complexity index is 136. The largest absolute Gasteiger partial charge is 0.381 e. The highest BCUT2D eigenvalue weighted by atomic mass is 16.5. The van der Waals surface area contributed by atoms with Crippen LogP contribution in [0.3, 0.4) is 0 Å². The summed E-state index contributed by atoms with van der Waals surface area (Å²) in [6.45, 7) is 8.07. The average Bonchev–Trinajstić information content (AvgIpc) is 2.29. The average molecular weight is 215 g/mol. The first-order valence-electron chi connectivity index (χ1n) is 6.29. The molecule has 0 bridgehead atoms. The van der Waals surface area contributed by atoms with E-state index in [1.165, 1.54) is 19.3 Å². The summed E-state index contributed by atoms with van der Waals surface area (Å²) in [5.74, 6) is 0.738. The zero-order chi connectivity index (χ0) is 10.8. The Kier molecular flexibility index (Phi) is 7.88. The van der Waals surface area contributed by atoms with Crippen LogP contribution in [0.2, 0.25) is 0 Å². The molecule has 1 N–H and O–H groups in total. The molecule has 3 nitrogen and oxygen atoms in total. The molecule has 0 saturated carbocycles. The summed E-state index contributed by atoms with van der Waals surface area (Å²) in [6.07, 6.45) is 4.69. The molecule has 1 rings (SSSR count). The van der Waals surface area contributed by atoms with Crippen LogP contribution in [0.15, 0.2) is 0 Å². The summed E-state index contributed by atoms with van der Waals surface area (Å²) in [5.41, 5.74) is 0. The smallest absolute Gasteiger partial charge is 0.0495 e. The van der Waals surface area contributed by atoms with Gasteiger partial charge in [-0.2, -0.15) is 0 Å². The molecule has 1 aliphatic heterocycles. The highest BCUT2D eigenvalue weighted by Gasteiger charge is 2.13. The minimum Gasteiger partial charge on any atom is -0.381 e. The number of nitrogens with one attached hydrogen (secondary N) is 1. The fraction of sp³-hybridized carbons (Fsp3) is 1.00. The summed E-state index contributed by atoms with van der Waals surface area (Å²) in [4.78, 5) is 0. The van der Waals surface area contributed by atoms with E-state index in [2.05, 4.69) is 12.2 Å². The van der Waals surface area contributed by atoms with Crippen LogP contribution in [0.1, 0.15) is 32.6 Å². The molecule has 1 fully saturated rings. The van der Waals surface area contributed by atoms with E-state index in [4.69, 9.17) is 9.47 Å². The molecule has 0 radical (unpaired) electrons. The van der Waals surface area contributed by atoms with E-state index in [9.17, 15) is 0 Å². The molecule has 0 aromatic heterocycles. The van der Waals surface area contributed by atoms with E-state index in [0.717, 1.165) is 51.9 Å². The normalized spacial score (nSPS) is 18.2. The Balaban J connectivity index is 1.79. The van der Waals surface area contributed by atoms with Gasteiger partial charge in [0.25, 0.3) is 0 Å². The van der Waals surface area contributed by atoms with Crippen molar-refractivity contribution in [3.8, 4) is 0 Å². The van der Waals surface area contributed by atoms with Crippen LogP contribution in [0.5, 0.6) is 0 Å². The minimum atomic E-state index is 0.738. The van der Waals surface area contributed by atoms with Crippen LogP contribution in [0.4, 0.5) is 0 Å². The van der Waals surface area contributed by atoms with Gasteiger partial charge in [-0.3, -0.25) is 0 Å². The summed E-state index contributed by atoms with van der Waals surface area (Å²) in [7, 11) is 0. The lowest BCUT2D eigenvalue weighted by Gasteiger charge is -2.21. The van der Waals surface area contributed by atoms with Gasteiger partial charge >= 0.3 is 0 Å². The summed E-state index contributed by atoms with van der Waals surface area (Å²) < 4.78 is 11.0. The number of rotatable bonds is 8. The van der Waals surface area contributed by atoms with Crippen LogP contribution < -0.4 is 5.32 Å². The second-order valence-electron chi connectivity index (χ2n) is 4.23. The van der Waals surface area contributed by atoms with Gasteiger partial charge in [-0.25, -0.2) is 0 Å². The molecule has 0 aromatic rings. The lowest BCUT2D eigenvalue weighted by atomic mass is 10.0. The van der Waals surface area contributed by atoms with E-state index < -0.39 is 0 Å². The van der Waals surface area contributed by atoms with Gasteiger partial charge in [0.15, 0.2) is 0 Å². The van der Waals surface area contributed by atoms with Crippen molar-refractivity contribution in [1.29, 1.82) is 0 Å². The van der Waals surface area contributed by atoms with Gasteiger partial charge in [-0.1, -0.05) is 6.92 Å². The maximum absolute atomic E-state index is 5.66. The van der Waals surface area contributed by atoms with Gasteiger partial charge in [-0.15, -0.1) is 0 Å². The second-order valence-corrected chi connectivity index (χ2v) is 4.23. The fourth-order valence-corrected chi connectivity index (χ4v) is 1.76. The first-order chi connectivity index (χ1) is 7.43. The standard InChI is InChI=1S/C12H25NO2/c1-2-6-13-7-3-8-15-11-12-4-9-14-10-5-12/h12-13H,2-11H2,1H3. The highest BCUT2D eigenvalue weighted by Crippen LogP contribution is 2.14. The molecule has 0 amide bonds. The maximum atomic E-state index is 5.66. The third-order valence-corrected chi connectivity index (χ3v) is 2.76.